The van der Waals surface area contributed by atoms with E-state index in [-0.39, 0.29) is 11.9 Å². The smallest absolute Gasteiger partial charge is 0.185 e. The lowest BCUT2D eigenvalue weighted by molar-refractivity contribution is 0.372. The average molecular weight is 357 g/mol. The van der Waals surface area contributed by atoms with E-state index in [2.05, 4.69) is 23.3 Å². The van der Waals surface area contributed by atoms with Gasteiger partial charge in [0, 0.05) is 34.6 Å². The third-order valence-corrected chi connectivity index (χ3v) is 6.15. The second-order valence-corrected chi connectivity index (χ2v) is 7.73. The fourth-order valence-electron chi connectivity index (χ4n) is 2.80. The first-order valence-electron chi connectivity index (χ1n) is 7.82. The molecule has 0 saturated carbocycles. The molecule has 2 aliphatic rings. The van der Waals surface area contributed by atoms with Crippen LogP contribution in [0.1, 0.15) is 18.0 Å². The van der Waals surface area contributed by atoms with Gasteiger partial charge in [0.1, 0.15) is 5.82 Å². The van der Waals surface area contributed by atoms with Crippen LogP contribution >= 0.6 is 23.5 Å². The van der Waals surface area contributed by atoms with Crippen LogP contribution in [0.5, 0.6) is 0 Å². The third kappa shape index (κ3) is 3.21. The summed E-state index contributed by atoms with van der Waals surface area (Å²) >= 11 is 3.46. The molecular formula is C18H16FN3S2. The number of aliphatic imine (C=N–C) groups is 1. The van der Waals surface area contributed by atoms with Gasteiger partial charge in [-0.3, -0.25) is 0 Å². The minimum atomic E-state index is -0.193. The molecule has 0 saturated heterocycles. The van der Waals surface area contributed by atoms with Crippen molar-refractivity contribution in [3.8, 4) is 0 Å². The van der Waals surface area contributed by atoms with Gasteiger partial charge in [0.25, 0.3) is 0 Å². The number of rotatable bonds is 4. The molecule has 3 nitrogen and oxygen atoms in total. The van der Waals surface area contributed by atoms with Gasteiger partial charge in [0.05, 0.1) is 11.7 Å². The molecular weight excluding hydrogens is 341 g/mol. The van der Waals surface area contributed by atoms with E-state index >= 15 is 0 Å². The van der Waals surface area contributed by atoms with E-state index in [0.717, 1.165) is 33.7 Å². The lowest BCUT2D eigenvalue weighted by atomic mass is 10.0. The third-order valence-electron chi connectivity index (χ3n) is 3.93. The maximum Gasteiger partial charge on any atom is 0.185 e. The molecule has 1 atom stereocenters. The molecule has 0 fully saturated rings. The predicted molar refractivity (Wildman–Crippen MR) is 101 cm³/mol. The first kappa shape index (κ1) is 15.7. The van der Waals surface area contributed by atoms with Crippen molar-refractivity contribution in [1.82, 2.24) is 5.01 Å². The second kappa shape index (κ2) is 6.99. The number of fused-ring (bicyclic) bond motifs is 3. The number of hydrogen-bond donors (Lipinski definition) is 0. The van der Waals surface area contributed by atoms with Gasteiger partial charge in [0.15, 0.2) is 5.17 Å². The summed E-state index contributed by atoms with van der Waals surface area (Å²) in [5, 5.41) is 7.50. The number of amidine groups is 1. The van der Waals surface area contributed by atoms with Crippen molar-refractivity contribution >= 4 is 40.6 Å². The van der Waals surface area contributed by atoms with Crippen LogP contribution in [0, 0.1) is 5.82 Å². The number of nitrogens with zero attached hydrogens (tertiary/aromatic N) is 3. The summed E-state index contributed by atoms with van der Waals surface area (Å²) in [7, 11) is 0. The summed E-state index contributed by atoms with van der Waals surface area (Å²) in [6.07, 6.45) is 2.90. The Balaban J connectivity index is 1.40. The molecule has 24 heavy (non-hydrogen) atoms. The van der Waals surface area contributed by atoms with Crippen LogP contribution in [-0.2, 0) is 0 Å². The number of thioether (sulfide) groups is 2. The molecule has 0 N–H and O–H groups in total. The Morgan fingerprint density at radius 2 is 1.83 bits per heavy atom. The van der Waals surface area contributed by atoms with Gasteiger partial charge in [0.2, 0.25) is 0 Å². The van der Waals surface area contributed by atoms with Crippen LogP contribution in [0.15, 0.2) is 63.5 Å². The Hall–Kier alpha value is -1.79. The molecule has 1 unspecified atom stereocenters. The zero-order chi connectivity index (χ0) is 16.4. The van der Waals surface area contributed by atoms with Crippen LogP contribution in [0.2, 0.25) is 0 Å². The van der Waals surface area contributed by atoms with Crippen LogP contribution in [0.25, 0.3) is 0 Å². The van der Waals surface area contributed by atoms with Gasteiger partial charge in [-0.05, 0) is 30.3 Å². The van der Waals surface area contributed by atoms with Crippen LogP contribution in [-0.4, -0.2) is 27.9 Å². The summed E-state index contributed by atoms with van der Waals surface area (Å²) in [4.78, 5) is 5.87. The van der Waals surface area contributed by atoms with Gasteiger partial charge in [-0.25, -0.2) is 14.4 Å². The molecule has 0 aliphatic carbocycles. The monoisotopic (exact) mass is 357 g/mol. The van der Waals surface area contributed by atoms with E-state index in [9.17, 15) is 4.39 Å². The Kier molecular flexibility index (Phi) is 4.58. The molecule has 2 aromatic rings. The average Bonchev–Trinajstić information content (AvgIpc) is 3.10. The van der Waals surface area contributed by atoms with E-state index < -0.39 is 0 Å². The molecule has 0 aromatic heterocycles. The minimum Gasteiger partial charge on any atom is -0.235 e. The summed E-state index contributed by atoms with van der Waals surface area (Å²) < 4.78 is 12.9. The van der Waals surface area contributed by atoms with E-state index in [1.807, 2.05) is 29.4 Å². The quantitative estimate of drug-likeness (QED) is 0.564. The zero-order valence-electron chi connectivity index (χ0n) is 12.9. The van der Waals surface area contributed by atoms with E-state index in [1.54, 1.807) is 23.5 Å². The summed E-state index contributed by atoms with van der Waals surface area (Å²) in [5.41, 5.74) is 2.30. The topological polar surface area (TPSA) is 28.0 Å². The number of para-hydroxylation sites is 1. The highest BCUT2D eigenvalue weighted by Crippen LogP contribution is 2.40. The second-order valence-electron chi connectivity index (χ2n) is 5.50. The Bertz CT molecular complexity index is 789. The SMILES string of the molecule is Fc1ccc(SCCSC2=Nc3ccccc3C3CC=NN23)cc1. The standard InChI is InChI=1S/C18H16FN3S2/c19-13-5-7-14(8-6-13)23-11-12-24-18-21-16-4-2-1-3-15(16)17-9-10-20-22(17)18/h1-8,10,17H,9,11-12H2. The van der Waals surface area contributed by atoms with Crippen molar-refractivity contribution in [3.05, 3.63) is 59.9 Å². The minimum absolute atomic E-state index is 0.193. The van der Waals surface area contributed by atoms with Gasteiger partial charge in [-0.2, -0.15) is 5.10 Å². The van der Waals surface area contributed by atoms with Crippen molar-refractivity contribution in [3.63, 3.8) is 0 Å². The largest absolute Gasteiger partial charge is 0.235 e. The number of hydrogen-bond acceptors (Lipinski definition) is 5. The van der Waals surface area contributed by atoms with Crippen LogP contribution in [0.4, 0.5) is 10.1 Å². The van der Waals surface area contributed by atoms with E-state index in [0.29, 0.717) is 0 Å². The first-order chi connectivity index (χ1) is 11.8. The molecule has 2 aromatic carbocycles. The Morgan fingerprint density at radius 1 is 1.04 bits per heavy atom. The van der Waals surface area contributed by atoms with Crippen molar-refractivity contribution in [2.75, 3.05) is 11.5 Å². The first-order valence-corrected chi connectivity index (χ1v) is 9.79. The number of benzene rings is 2. The fourth-order valence-corrected chi connectivity index (χ4v) is 4.69. The van der Waals surface area contributed by atoms with Crippen molar-refractivity contribution in [2.24, 2.45) is 10.1 Å². The highest BCUT2D eigenvalue weighted by Gasteiger charge is 2.32. The lowest BCUT2D eigenvalue weighted by Gasteiger charge is -2.29. The number of halogens is 1. The van der Waals surface area contributed by atoms with Gasteiger partial charge < -0.3 is 0 Å². The molecule has 0 spiro atoms. The van der Waals surface area contributed by atoms with Crippen molar-refractivity contribution in [1.29, 1.82) is 0 Å². The maximum atomic E-state index is 12.9. The molecule has 6 heteroatoms. The highest BCUT2D eigenvalue weighted by molar-refractivity contribution is 8.14. The van der Waals surface area contributed by atoms with Crippen LogP contribution < -0.4 is 0 Å². The molecule has 2 aliphatic heterocycles. The maximum absolute atomic E-state index is 12.9. The predicted octanol–water partition coefficient (Wildman–Crippen LogP) is 5.08. The van der Waals surface area contributed by atoms with Gasteiger partial charge in [-0.1, -0.05) is 30.0 Å². The normalized spacial score (nSPS) is 18.3. The lowest BCUT2D eigenvalue weighted by Crippen LogP contribution is -2.28. The van der Waals surface area contributed by atoms with Gasteiger partial charge >= 0.3 is 0 Å². The van der Waals surface area contributed by atoms with Crippen molar-refractivity contribution < 1.29 is 4.39 Å². The van der Waals surface area contributed by atoms with E-state index in [4.69, 9.17) is 4.99 Å². The molecule has 4 rings (SSSR count). The summed E-state index contributed by atoms with van der Waals surface area (Å²) in [6.45, 7) is 0. The summed E-state index contributed by atoms with van der Waals surface area (Å²) in [5.74, 6) is 1.68. The molecule has 0 bridgehead atoms. The molecule has 0 amide bonds. The van der Waals surface area contributed by atoms with Crippen LogP contribution in [0.3, 0.4) is 0 Å². The molecule has 122 valence electrons. The Morgan fingerprint density at radius 3 is 2.71 bits per heavy atom. The molecule has 0 radical (unpaired) electrons. The van der Waals surface area contributed by atoms with E-state index in [1.165, 1.54) is 17.7 Å². The highest BCUT2D eigenvalue weighted by atomic mass is 32.2. The van der Waals surface area contributed by atoms with Gasteiger partial charge in [-0.15, -0.1) is 11.8 Å². The fraction of sp³-hybridized carbons (Fsp3) is 0.222. The Labute approximate surface area is 149 Å². The number of hydrazone groups is 1. The summed E-state index contributed by atoms with van der Waals surface area (Å²) in [6, 6.07) is 15.2. The van der Waals surface area contributed by atoms with Crippen molar-refractivity contribution in [2.45, 2.75) is 17.4 Å². The molecule has 2 heterocycles. The zero-order valence-corrected chi connectivity index (χ0v) is 14.6.